The van der Waals surface area contributed by atoms with E-state index < -0.39 is 0 Å². The summed E-state index contributed by atoms with van der Waals surface area (Å²) in [6, 6.07) is 1.90. The Labute approximate surface area is 108 Å². The Hall–Kier alpha value is -1.29. The molecule has 2 rings (SSSR count). The molecule has 1 aromatic heterocycles. The summed E-state index contributed by atoms with van der Waals surface area (Å²) in [4.78, 5) is 14.3. The summed E-state index contributed by atoms with van der Waals surface area (Å²) in [5.74, 6) is 0.486. The van der Waals surface area contributed by atoms with Crippen LogP contribution >= 0.6 is 0 Å². The maximum absolute atomic E-state index is 12.4. The molecule has 1 heterocycles. The molecule has 100 valence electrons. The van der Waals surface area contributed by atoms with Crippen molar-refractivity contribution in [2.75, 3.05) is 20.3 Å². The van der Waals surface area contributed by atoms with Crippen LogP contribution in [0.25, 0.3) is 0 Å². The van der Waals surface area contributed by atoms with Gasteiger partial charge in [-0.05, 0) is 18.9 Å². The van der Waals surface area contributed by atoms with Crippen molar-refractivity contribution < 1.29 is 13.9 Å². The van der Waals surface area contributed by atoms with Crippen LogP contribution in [0.4, 0.5) is 0 Å². The second kappa shape index (κ2) is 6.59. The molecule has 0 atom stereocenters. The van der Waals surface area contributed by atoms with Gasteiger partial charge in [-0.3, -0.25) is 4.79 Å². The van der Waals surface area contributed by atoms with E-state index in [2.05, 4.69) is 0 Å². The number of carbonyl (C=O) groups excluding carboxylic acids is 1. The fourth-order valence-corrected chi connectivity index (χ4v) is 2.50. The minimum Gasteiger partial charge on any atom is -0.472 e. The fraction of sp³-hybridized carbons (Fsp3) is 0.643. The Kier molecular flexibility index (Phi) is 4.81. The molecular weight excluding hydrogens is 230 g/mol. The first-order chi connectivity index (χ1) is 8.81. The van der Waals surface area contributed by atoms with Crippen LogP contribution in [0, 0.1) is 5.92 Å². The van der Waals surface area contributed by atoms with Crippen LogP contribution < -0.4 is 0 Å². The van der Waals surface area contributed by atoms with Gasteiger partial charge in [-0.2, -0.15) is 0 Å². The molecule has 1 amide bonds. The standard InChI is InChI=1S/C14H21NO3/c1-17-9-7-15(10-12-6-8-18-11-12)14(16)13-4-2-3-5-13/h6,8,11,13H,2-5,7,9-10H2,1H3. The van der Waals surface area contributed by atoms with Gasteiger partial charge < -0.3 is 14.1 Å². The maximum Gasteiger partial charge on any atom is 0.226 e. The van der Waals surface area contributed by atoms with Gasteiger partial charge in [0.05, 0.1) is 19.1 Å². The quantitative estimate of drug-likeness (QED) is 0.780. The number of amides is 1. The van der Waals surface area contributed by atoms with E-state index >= 15 is 0 Å². The lowest BCUT2D eigenvalue weighted by atomic mass is 10.1. The Morgan fingerprint density at radius 1 is 1.50 bits per heavy atom. The summed E-state index contributed by atoms with van der Waals surface area (Å²) in [5, 5.41) is 0. The van der Waals surface area contributed by atoms with E-state index in [1.165, 1.54) is 12.8 Å². The third-order valence-electron chi connectivity index (χ3n) is 3.53. The van der Waals surface area contributed by atoms with Crippen molar-refractivity contribution in [1.29, 1.82) is 0 Å². The van der Waals surface area contributed by atoms with Gasteiger partial charge in [-0.1, -0.05) is 12.8 Å². The van der Waals surface area contributed by atoms with E-state index in [4.69, 9.17) is 9.15 Å². The van der Waals surface area contributed by atoms with Crippen LogP contribution in [0.3, 0.4) is 0 Å². The minimum atomic E-state index is 0.216. The van der Waals surface area contributed by atoms with Crippen LogP contribution in [0.1, 0.15) is 31.2 Å². The zero-order chi connectivity index (χ0) is 12.8. The monoisotopic (exact) mass is 251 g/mol. The van der Waals surface area contributed by atoms with Crippen LogP contribution in [0.5, 0.6) is 0 Å². The summed E-state index contributed by atoms with van der Waals surface area (Å²) in [6.07, 6.45) is 7.77. The van der Waals surface area contributed by atoms with Crippen LogP contribution in [0.2, 0.25) is 0 Å². The highest BCUT2D eigenvalue weighted by atomic mass is 16.5. The molecule has 0 bridgehead atoms. The maximum atomic E-state index is 12.4. The largest absolute Gasteiger partial charge is 0.472 e. The molecule has 0 aromatic carbocycles. The van der Waals surface area contributed by atoms with Gasteiger partial charge in [0, 0.05) is 31.7 Å². The molecule has 1 fully saturated rings. The SMILES string of the molecule is COCCN(Cc1ccoc1)C(=O)C1CCCC1. The van der Waals surface area contributed by atoms with E-state index in [-0.39, 0.29) is 11.8 Å². The van der Waals surface area contributed by atoms with Gasteiger partial charge in [0.25, 0.3) is 0 Å². The molecule has 0 unspecified atom stereocenters. The molecule has 1 aliphatic carbocycles. The second-order valence-corrected chi connectivity index (χ2v) is 4.87. The number of hydrogen-bond donors (Lipinski definition) is 0. The summed E-state index contributed by atoms with van der Waals surface area (Å²) >= 11 is 0. The second-order valence-electron chi connectivity index (χ2n) is 4.87. The number of methoxy groups -OCH3 is 1. The molecule has 18 heavy (non-hydrogen) atoms. The lowest BCUT2D eigenvalue weighted by Gasteiger charge is -2.24. The number of rotatable bonds is 6. The number of carbonyl (C=O) groups is 1. The van der Waals surface area contributed by atoms with Crippen molar-refractivity contribution in [3.8, 4) is 0 Å². The van der Waals surface area contributed by atoms with E-state index in [0.717, 1.165) is 18.4 Å². The van der Waals surface area contributed by atoms with E-state index in [1.54, 1.807) is 19.6 Å². The molecule has 0 saturated heterocycles. The summed E-state index contributed by atoms with van der Waals surface area (Å²) in [7, 11) is 1.66. The van der Waals surface area contributed by atoms with Crippen LogP contribution in [0.15, 0.2) is 23.0 Å². The molecule has 0 aliphatic heterocycles. The van der Waals surface area contributed by atoms with Crippen molar-refractivity contribution >= 4 is 5.91 Å². The highest BCUT2D eigenvalue weighted by Crippen LogP contribution is 2.27. The van der Waals surface area contributed by atoms with Gasteiger partial charge >= 0.3 is 0 Å². The van der Waals surface area contributed by atoms with Gasteiger partial charge in [0.2, 0.25) is 5.91 Å². The molecule has 1 saturated carbocycles. The fourth-order valence-electron chi connectivity index (χ4n) is 2.50. The number of ether oxygens (including phenoxy) is 1. The minimum absolute atomic E-state index is 0.216. The van der Waals surface area contributed by atoms with Crippen molar-refractivity contribution in [3.63, 3.8) is 0 Å². The molecule has 4 nitrogen and oxygen atoms in total. The number of furan rings is 1. The smallest absolute Gasteiger partial charge is 0.226 e. The summed E-state index contributed by atoms with van der Waals surface area (Å²) < 4.78 is 10.1. The zero-order valence-electron chi connectivity index (χ0n) is 10.9. The highest BCUT2D eigenvalue weighted by molar-refractivity contribution is 5.79. The first kappa shape index (κ1) is 13.1. The van der Waals surface area contributed by atoms with Crippen LogP contribution in [-0.4, -0.2) is 31.1 Å². The van der Waals surface area contributed by atoms with E-state index in [0.29, 0.717) is 19.7 Å². The molecular formula is C14H21NO3. The summed E-state index contributed by atoms with van der Waals surface area (Å²) in [5.41, 5.74) is 1.04. The normalized spacial score (nSPS) is 16.1. The summed E-state index contributed by atoms with van der Waals surface area (Å²) in [6.45, 7) is 1.85. The molecule has 0 spiro atoms. The Morgan fingerprint density at radius 3 is 2.89 bits per heavy atom. The Morgan fingerprint density at radius 2 is 2.28 bits per heavy atom. The molecule has 0 radical (unpaired) electrons. The van der Waals surface area contributed by atoms with Crippen molar-refractivity contribution in [3.05, 3.63) is 24.2 Å². The van der Waals surface area contributed by atoms with E-state index in [9.17, 15) is 4.79 Å². The first-order valence-electron chi connectivity index (χ1n) is 6.60. The van der Waals surface area contributed by atoms with Gasteiger partial charge in [-0.25, -0.2) is 0 Å². The topological polar surface area (TPSA) is 42.7 Å². The Balaban J connectivity index is 1.96. The van der Waals surface area contributed by atoms with Gasteiger partial charge in [0.15, 0.2) is 0 Å². The molecule has 0 N–H and O–H groups in total. The molecule has 1 aliphatic rings. The lowest BCUT2D eigenvalue weighted by molar-refractivity contribution is -0.136. The van der Waals surface area contributed by atoms with Crippen molar-refractivity contribution in [1.82, 2.24) is 4.90 Å². The molecule has 4 heteroatoms. The zero-order valence-corrected chi connectivity index (χ0v) is 10.9. The van der Waals surface area contributed by atoms with Crippen molar-refractivity contribution in [2.45, 2.75) is 32.2 Å². The molecule has 1 aromatic rings. The van der Waals surface area contributed by atoms with Crippen LogP contribution in [-0.2, 0) is 16.1 Å². The third-order valence-corrected chi connectivity index (χ3v) is 3.53. The van der Waals surface area contributed by atoms with Gasteiger partial charge in [0.1, 0.15) is 0 Å². The average Bonchev–Trinajstić information content (AvgIpc) is 3.06. The highest BCUT2D eigenvalue weighted by Gasteiger charge is 2.27. The first-order valence-corrected chi connectivity index (χ1v) is 6.60. The van der Waals surface area contributed by atoms with Gasteiger partial charge in [-0.15, -0.1) is 0 Å². The number of nitrogens with zero attached hydrogens (tertiary/aromatic N) is 1. The van der Waals surface area contributed by atoms with Crippen molar-refractivity contribution in [2.24, 2.45) is 5.92 Å². The van der Waals surface area contributed by atoms with E-state index in [1.807, 2.05) is 11.0 Å². The third kappa shape index (κ3) is 3.35. The number of hydrogen-bond acceptors (Lipinski definition) is 3. The Bertz CT molecular complexity index is 355. The predicted molar refractivity (Wildman–Crippen MR) is 68.0 cm³/mol. The predicted octanol–water partition coefficient (Wildman–Crippen LogP) is 2.44. The lowest BCUT2D eigenvalue weighted by Crippen LogP contribution is -2.37. The average molecular weight is 251 g/mol.